The zero-order valence-electron chi connectivity index (χ0n) is 16.7. The van der Waals surface area contributed by atoms with Crippen LogP contribution in [-0.4, -0.2) is 67.7 Å². The number of nitrogens with one attached hydrogen (secondary N) is 2. The van der Waals surface area contributed by atoms with Gasteiger partial charge in [0.1, 0.15) is 0 Å². The number of carbonyl (C=O) groups is 1. The first-order valence-electron chi connectivity index (χ1n) is 10.5. The molecule has 2 atom stereocenters. The van der Waals surface area contributed by atoms with E-state index in [1.54, 1.807) is 0 Å². The van der Waals surface area contributed by atoms with Crippen LogP contribution in [0.5, 0.6) is 0 Å². The molecule has 146 valence electrons. The molecule has 1 saturated heterocycles. The maximum Gasteiger partial charge on any atom is 0.314 e. The molecule has 1 aliphatic carbocycles. The minimum absolute atomic E-state index is 0.0165. The molecule has 0 bridgehead atoms. The SMILES string of the molecule is CC1CCCN(C(C)CNC(=O)NCCCN(C)C2CCCCC2)C1. The van der Waals surface area contributed by atoms with Gasteiger partial charge in [-0.25, -0.2) is 4.79 Å². The van der Waals surface area contributed by atoms with Crippen LogP contribution in [-0.2, 0) is 0 Å². The Balaban J connectivity index is 1.51. The third kappa shape index (κ3) is 7.53. The Morgan fingerprint density at radius 1 is 1.16 bits per heavy atom. The van der Waals surface area contributed by atoms with Crippen LogP contribution in [0.2, 0.25) is 0 Å². The second kappa shape index (κ2) is 11.0. The van der Waals surface area contributed by atoms with E-state index >= 15 is 0 Å². The molecule has 2 amide bonds. The minimum Gasteiger partial charge on any atom is -0.338 e. The Hall–Kier alpha value is -0.810. The van der Waals surface area contributed by atoms with Crippen molar-refractivity contribution in [1.82, 2.24) is 20.4 Å². The highest BCUT2D eigenvalue weighted by Crippen LogP contribution is 2.21. The van der Waals surface area contributed by atoms with Gasteiger partial charge in [0.15, 0.2) is 0 Å². The molecule has 0 aromatic carbocycles. The fourth-order valence-corrected chi connectivity index (χ4v) is 4.29. The smallest absolute Gasteiger partial charge is 0.314 e. The lowest BCUT2D eigenvalue weighted by atomic mass is 9.94. The second-order valence-electron chi connectivity index (χ2n) is 8.35. The molecular weight excluding hydrogens is 312 g/mol. The second-order valence-corrected chi connectivity index (χ2v) is 8.35. The van der Waals surface area contributed by atoms with E-state index in [1.807, 2.05) is 0 Å². The molecule has 5 nitrogen and oxygen atoms in total. The zero-order valence-corrected chi connectivity index (χ0v) is 16.7. The standard InChI is InChI=1S/C20H40N4O/c1-17-9-7-14-24(16-17)18(2)15-22-20(25)21-12-8-13-23(3)19-10-5-4-6-11-19/h17-19H,4-16H2,1-3H3,(H2,21,22,25). The summed E-state index contributed by atoms with van der Waals surface area (Å²) in [5, 5.41) is 6.05. The average molecular weight is 353 g/mol. The number of hydrogen-bond donors (Lipinski definition) is 2. The molecule has 2 fully saturated rings. The first-order chi connectivity index (χ1) is 12.1. The summed E-state index contributed by atoms with van der Waals surface area (Å²) in [5.41, 5.74) is 0. The lowest BCUT2D eigenvalue weighted by Gasteiger charge is -2.35. The van der Waals surface area contributed by atoms with Crippen molar-refractivity contribution in [2.24, 2.45) is 5.92 Å². The van der Waals surface area contributed by atoms with E-state index in [4.69, 9.17) is 0 Å². The van der Waals surface area contributed by atoms with Crippen molar-refractivity contribution in [3.05, 3.63) is 0 Å². The summed E-state index contributed by atoms with van der Waals surface area (Å²) in [7, 11) is 2.23. The van der Waals surface area contributed by atoms with Gasteiger partial charge in [0.05, 0.1) is 0 Å². The average Bonchev–Trinajstić information content (AvgIpc) is 2.63. The summed E-state index contributed by atoms with van der Waals surface area (Å²) in [6, 6.07) is 1.17. The number of hydrogen-bond acceptors (Lipinski definition) is 3. The molecule has 25 heavy (non-hydrogen) atoms. The van der Waals surface area contributed by atoms with Gasteiger partial charge in [-0.15, -0.1) is 0 Å². The Bertz CT molecular complexity index is 384. The van der Waals surface area contributed by atoms with E-state index in [0.717, 1.165) is 44.6 Å². The lowest BCUT2D eigenvalue weighted by molar-refractivity contribution is 0.137. The van der Waals surface area contributed by atoms with Crippen molar-refractivity contribution < 1.29 is 4.79 Å². The molecule has 1 aliphatic heterocycles. The third-order valence-corrected chi connectivity index (χ3v) is 6.04. The third-order valence-electron chi connectivity index (χ3n) is 6.04. The van der Waals surface area contributed by atoms with Crippen LogP contribution in [0, 0.1) is 5.92 Å². The molecule has 0 spiro atoms. The molecule has 2 aliphatic rings. The first-order valence-corrected chi connectivity index (χ1v) is 10.5. The van der Waals surface area contributed by atoms with Gasteiger partial charge >= 0.3 is 6.03 Å². The Kier molecular flexibility index (Phi) is 9.04. The quantitative estimate of drug-likeness (QED) is 0.660. The molecule has 1 heterocycles. The van der Waals surface area contributed by atoms with Gasteiger partial charge < -0.3 is 15.5 Å². The summed E-state index contributed by atoms with van der Waals surface area (Å²) >= 11 is 0. The molecule has 2 N–H and O–H groups in total. The maximum atomic E-state index is 12.0. The van der Waals surface area contributed by atoms with E-state index in [-0.39, 0.29) is 6.03 Å². The first kappa shape index (κ1) is 20.5. The van der Waals surface area contributed by atoms with Gasteiger partial charge in [0, 0.05) is 31.7 Å². The number of carbonyl (C=O) groups excluding carboxylic acids is 1. The number of piperidine rings is 1. The zero-order chi connectivity index (χ0) is 18.1. The molecular formula is C20H40N4O. The number of nitrogens with zero attached hydrogens (tertiary/aromatic N) is 2. The van der Waals surface area contributed by atoms with Crippen LogP contribution in [0.25, 0.3) is 0 Å². The van der Waals surface area contributed by atoms with Crippen LogP contribution in [0.3, 0.4) is 0 Å². The Morgan fingerprint density at radius 3 is 2.64 bits per heavy atom. The highest BCUT2D eigenvalue weighted by atomic mass is 16.2. The highest BCUT2D eigenvalue weighted by molar-refractivity contribution is 5.73. The van der Waals surface area contributed by atoms with Crippen LogP contribution in [0.1, 0.15) is 65.2 Å². The molecule has 0 radical (unpaired) electrons. The summed E-state index contributed by atoms with van der Waals surface area (Å²) in [6.45, 7) is 9.45. The van der Waals surface area contributed by atoms with E-state index in [0.29, 0.717) is 6.04 Å². The van der Waals surface area contributed by atoms with E-state index in [1.165, 1.54) is 51.5 Å². The van der Waals surface area contributed by atoms with E-state index in [2.05, 4.69) is 41.3 Å². The van der Waals surface area contributed by atoms with Crippen LogP contribution in [0.15, 0.2) is 0 Å². The molecule has 0 aromatic heterocycles. The number of likely N-dealkylation sites (tertiary alicyclic amines) is 1. The van der Waals surface area contributed by atoms with E-state index in [9.17, 15) is 4.79 Å². The lowest BCUT2D eigenvalue weighted by Crippen LogP contribution is -2.48. The van der Waals surface area contributed by atoms with Crippen molar-refractivity contribution in [3.8, 4) is 0 Å². The van der Waals surface area contributed by atoms with Crippen LogP contribution < -0.4 is 10.6 Å². The molecule has 5 heteroatoms. The van der Waals surface area contributed by atoms with Crippen molar-refractivity contribution in [1.29, 1.82) is 0 Å². The van der Waals surface area contributed by atoms with Crippen molar-refractivity contribution in [3.63, 3.8) is 0 Å². The van der Waals surface area contributed by atoms with Crippen molar-refractivity contribution in [2.45, 2.75) is 77.3 Å². The largest absolute Gasteiger partial charge is 0.338 e. The predicted molar refractivity (Wildman–Crippen MR) is 105 cm³/mol. The van der Waals surface area contributed by atoms with Gasteiger partial charge in [-0.2, -0.15) is 0 Å². The summed E-state index contributed by atoms with van der Waals surface area (Å²) < 4.78 is 0. The number of amides is 2. The maximum absolute atomic E-state index is 12.0. The van der Waals surface area contributed by atoms with Crippen molar-refractivity contribution >= 4 is 6.03 Å². The fraction of sp³-hybridized carbons (Fsp3) is 0.950. The van der Waals surface area contributed by atoms with Crippen LogP contribution in [0.4, 0.5) is 4.79 Å². The topological polar surface area (TPSA) is 47.6 Å². The molecule has 2 unspecified atom stereocenters. The van der Waals surface area contributed by atoms with Gasteiger partial charge in [0.25, 0.3) is 0 Å². The number of rotatable bonds is 8. The van der Waals surface area contributed by atoms with Gasteiger partial charge in [-0.05, 0) is 65.1 Å². The summed E-state index contributed by atoms with van der Waals surface area (Å²) in [4.78, 5) is 17.0. The van der Waals surface area contributed by atoms with Crippen molar-refractivity contribution in [2.75, 3.05) is 39.8 Å². The monoisotopic (exact) mass is 352 g/mol. The predicted octanol–water partition coefficient (Wildman–Crippen LogP) is 3.06. The summed E-state index contributed by atoms with van der Waals surface area (Å²) in [6.07, 6.45) is 10.5. The minimum atomic E-state index is -0.0165. The Labute approximate surface area is 154 Å². The Morgan fingerprint density at radius 2 is 1.92 bits per heavy atom. The molecule has 0 aromatic rings. The highest BCUT2D eigenvalue weighted by Gasteiger charge is 2.21. The molecule has 1 saturated carbocycles. The van der Waals surface area contributed by atoms with Gasteiger partial charge in [-0.1, -0.05) is 26.2 Å². The van der Waals surface area contributed by atoms with E-state index < -0.39 is 0 Å². The fourth-order valence-electron chi connectivity index (χ4n) is 4.29. The number of urea groups is 1. The van der Waals surface area contributed by atoms with Crippen LogP contribution >= 0.6 is 0 Å². The van der Waals surface area contributed by atoms with Gasteiger partial charge in [0.2, 0.25) is 0 Å². The molecule has 2 rings (SSSR count). The normalized spacial score (nSPS) is 24.2. The van der Waals surface area contributed by atoms with Gasteiger partial charge in [-0.3, -0.25) is 4.90 Å². The summed E-state index contributed by atoms with van der Waals surface area (Å²) in [5.74, 6) is 0.784.